The van der Waals surface area contributed by atoms with Gasteiger partial charge in [0.15, 0.2) is 0 Å². The first-order valence-corrected chi connectivity index (χ1v) is 2.21. The molecule has 0 spiro atoms. The van der Waals surface area contributed by atoms with Gasteiger partial charge in [-0.3, -0.25) is 0 Å². The average molecular weight is 347 g/mol. The Balaban J connectivity index is -0.0000000720. The number of carbonyl (C=O) groups excluding carboxylic acids is 2. The molecule has 9 heavy (non-hydrogen) atoms. The minimum absolute atomic E-state index is 0. The van der Waals surface area contributed by atoms with E-state index in [0.717, 1.165) is 0 Å². The molecule has 0 fully saturated rings. The molecule has 0 bridgehead atoms. The van der Waals surface area contributed by atoms with Gasteiger partial charge in [-0.25, -0.2) is 0 Å². The summed E-state index contributed by atoms with van der Waals surface area (Å²) in [5, 5.41) is -1.50. The summed E-state index contributed by atoms with van der Waals surface area (Å²) in [6, 6.07) is 0. The Hall–Kier alpha value is 0.0683. The summed E-state index contributed by atoms with van der Waals surface area (Å²) in [4.78, 5) is 18.1. The Labute approximate surface area is 77.8 Å². The molecule has 0 atom stereocenters. The van der Waals surface area contributed by atoms with Crippen LogP contribution in [0.15, 0.2) is 0 Å². The second-order valence-corrected chi connectivity index (χ2v) is 1.44. The molecule has 0 rings (SSSR count). The zero-order valence-corrected chi connectivity index (χ0v) is 8.01. The molecule has 0 saturated carbocycles. The number of primary amides is 2. The minimum Gasteiger partial charge on any atom is -0.719 e. The summed E-state index contributed by atoms with van der Waals surface area (Å²) >= 11 is 7.52. The molecule has 4 nitrogen and oxygen atoms in total. The van der Waals surface area contributed by atoms with Crippen molar-refractivity contribution in [3.63, 3.8) is 0 Å². The predicted molar refractivity (Wildman–Crippen MR) is 33.9 cm³/mol. The maximum Gasteiger partial charge on any atom is 2.00 e. The van der Waals surface area contributed by atoms with Gasteiger partial charge in [0.2, 0.25) is 0 Å². The van der Waals surface area contributed by atoms with Crippen LogP contribution < -0.4 is 11.5 Å². The van der Waals surface area contributed by atoms with Crippen molar-refractivity contribution >= 4 is 35.7 Å². The summed E-state index contributed by atoms with van der Waals surface area (Å²) in [6.07, 6.45) is 0. The molecule has 0 aromatic rings. The van der Waals surface area contributed by atoms with E-state index in [4.69, 9.17) is 9.59 Å². The van der Waals surface area contributed by atoms with Crippen molar-refractivity contribution in [1.82, 2.24) is 0 Å². The summed E-state index contributed by atoms with van der Waals surface area (Å²) in [5.74, 6) is 0. The second kappa shape index (κ2) is 10.9. The molecule has 2 amide bonds. The Morgan fingerprint density at radius 2 is 1.00 bits per heavy atom. The molecule has 0 saturated heterocycles. The monoisotopic (exact) mass is 347 g/mol. The van der Waals surface area contributed by atoms with E-state index in [1.54, 1.807) is 0 Å². The third kappa shape index (κ3) is 63700. The summed E-state index contributed by atoms with van der Waals surface area (Å²) in [6.45, 7) is 0. The molecular weight excluding hydrogens is 343 g/mol. The first kappa shape index (κ1) is 16.0. The van der Waals surface area contributed by atoms with Gasteiger partial charge in [0.25, 0.3) is 0 Å². The molecule has 0 radical (unpaired) electrons. The first-order valence-electron chi connectivity index (χ1n) is 1.39. The van der Waals surface area contributed by atoms with Crippen molar-refractivity contribution in [1.29, 1.82) is 0 Å². The van der Waals surface area contributed by atoms with Crippen LogP contribution in [0.25, 0.3) is 0 Å². The zero-order valence-electron chi connectivity index (χ0n) is 4.10. The number of nitrogens with two attached hydrogens (primary N) is 2. The Bertz CT molecular complexity index is 78.6. The normalized spacial score (nSPS) is 5.33. The summed E-state index contributed by atoms with van der Waals surface area (Å²) in [5.41, 5.74) is 8.57. The van der Waals surface area contributed by atoms with E-state index < -0.39 is 10.5 Å². The van der Waals surface area contributed by atoms with Crippen LogP contribution in [0.5, 0.6) is 0 Å². The van der Waals surface area contributed by atoms with Crippen LogP contribution in [-0.4, -0.2) is 10.5 Å². The van der Waals surface area contributed by atoms with Crippen molar-refractivity contribution in [3.8, 4) is 0 Å². The Morgan fingerprint density at radius 3 is 1.00 bits per heavy atom. The molecular formula is C2H4N2O2PtS2. The fraction of sp³-hybridized carbons (Fsp3) is 0. The van der Waals surface area contributed by atoms with E-state index in [2.05, 4.69) is 36.7 Å². The molecule has 0 aliphatic heterocycles. The van der Waals surface area contributed by atoms with Crippen molar-refractivity contribution in [2.24, 2.45) is 11.5 Å². The minimum atomic E-state index is -0.750. The van der Waals surface area contributed by atoms with Crippen LogP contribution in [-0.2, 0) is 46.3 Å². The topological polar surface area (TPSA) is 86.2 Å². The van der Waals surface area contributed by atoms with E-state index in [1.807, 2.05) is 0 Å². The van der Waals surface area contributed by atoms with Gasteiger partial charge in [0, 0.05) is 0 Å². The second-order valence-electron chi connectivity index (χ2n) is 0.638. The predicted octanol–water partition coefficient (Wildman–Crippen LogP) is -0.778. The van der Waals surface area contributed by atoms with Gasteiger partial charge < -0.3 is 46.3 Å². The smallest absolute Gasteiger partial charge is 0.719 e. The molecule has 0 aromatic carbocycles. The Morgan fingerprint density at radius 1 is 1.00 bits per heavy atom. The van der Waals surface area contributed by atoms with Gasteiger partial charge in [-0.05, 0) is 0 Å². The number of hydrogen-bond acceptors (Lipinski definition) is 4. The van der Waals surface area contributed by atoms with Gasteiger partial charge in [-0.1, -0.05) is 0 Å². The molecule has 0 aromatic heterocycles. The van der Waals surface area contributed by atoms with Gasteiger partial charge in [-0.2, -0.15) is 0 Å². The molecule has 0 aliphatic carbocycles. The van der Waals surface area contributed by atoms with Crippen LogP contribution in [0.1, 0.15) is 0 Å². The number of amides is 2. The number of hydrogen-bond donors (Lipinski definition) is 2. The van der Waals surface area contributed by atoms with E-state index >= 15 is 0 Å². The third-order valence-corrected chi connectivity index (χ3v) is 0. The van der Waals surface area contributed by atoms with Gasteiger partial charge in [0.1, 0.15) is 0 Å². The summed E-state index contributed by atoms with van der Waals surface area (Å²) < 4.78 is 0. The molecule has 0 heterocycles. The van der Waals surface area contributed by atoms with Crippen molar-refractivity contribution in [2.75, 3.05) is 0 Å². The SMILES string of the molecule is NC(=O)[S-].NC(=O)[S-].[Pt+2]. The van der Waals surface area contributed by atoms with Crippen LogP contribution in [0.4, 0.5) is 9.59 Å². The number of rotatable bonds is 0. The summed E-state index contributed by atoms with van der Waals surface area (Å²) in [7, 11) is 0. The number of carbonyl (C=O) groups is 2. The molecule has 7 heteroatoms. The van der Waals surface area contributed by atoms with E-state index in [9.17, 15) is 0 Å². The maximum absolute atomic E-state index is 9.04. The van der Waals surface area contributed by atoms with Gasteiger partial charge >= 0.3 is 21.1 Å². The van der Waals surface area contributed by atoms with E-state index in [0.29, 0.717) is 0 Å². The molecule has 0 unspecified atom stereocenters. The fourth-order valence-electron chi connectivity index (χ4n) is 0. The first-order chi connectivity index (χ1) is 3.46. The van der Waals surface area contributed by atoms with Crippen molar-refractivity contribution in [2.45, 2.75) is 0 Å². The van der Waals surface area contributed by atoms with Crippen LogP contribution >= 0.6 is 0 Å². The molecule has 56 valence electrons. The standard InChI is InChI=1S/2CH3NOS.Pt/c2*2-1(3)4;/h2*(H3,2,3,4);/q;;+2/p-2. The fourth-order valence-corrected chi connectivity index (χ4v) is 0. The van der Waals surface area contributed by atoms with Crippen LogP contribution in [0.2, 0.25) is 0 Å². The van der Waals surface area contributed by atoms with Crippen molar-refractivity contribution in [3.05, 3.63) is 0 Å². The molecule has 0 aliphatic rings. The third-order valence-electron chi connectivity index (χ3n) is 0. The van der Waals surface area contributed by atoms with Crippen LogP contribution in [0, 0.1) is 0 Å². The van der Waals surface area contributed by atoms with Crippen molar-refractivity contribution < 1.29 is 30.7 Å². The van der Waals surface area contributed by atoms with E-state index in [1.165, 1.54) is 0 Å². The maximum atomic E-state index is 9.04. The quantitative estimate of drug-likeness (QED) is 0.563. The van der Waals surface area contributed by atoms with Crippen LogP contribution in [0.3, 0.4) is 0 Å². The van der Waals surface area contributed by atoms with Gasteiger partial charge in [-0.15, -0.1) is 0 Å². The van der Waals surface area contributed by atoms with Gasteiger partial charge in [0.05, 0.1) is 10.5 Å². The zero-order chi connectivity index (χ0) is 7.15. The molecule has 4 N–H and O–H groups in total. The van der Waals surface area contributed by atoms with E-state index in [-0.39, 0.29) is 21.1 Å². The average Bonchev–Trinajstić information content (AvgIpc) is 1.25. The largest absolute Gasteiger partial charge is 2.00 e. The Kier molecular flexibility index (Phi) is 19.5.